The Kier molecular flexibility index (Phi) is 3.60. The molecular formula is C15H24N4. The van der Waals surface area contributed by atoms with E-state index in [1.807, 2.05) is 0 Å². The highest BCUT2D eigenvalue weighted by molar-refractivity contribution is 5.52. The third-order valence-electron chi connectivity index (χ3n) is 4.62. The minimum Gasteiger partial charge on any atom is -0.397 e. The molecule has 1 aliphatic carbocycles. The van der Waals surface area contributed by atoms with Crippen LogP contribution in [-0.4, -0.2) is 42.1 Å². The zero-order chi connectivity index (χ0) is 13.2. The summed E-state index contributed by atoms with van der Waals surface area (Å²) < 4.78 is 0. The second-order valence-electron chi connectivity index (χ2n) is 5.86. The molecule has 1 saturated heterocycles. The Hall–Kier alpha value is -1.29. The van der Waals surface area contributed by atoms with Gasteiger partial charge in [0.25, 0.3) is 0 Å². The third-order valence-corrected chi connectivity index (χ3v) is 4.62. The molecule has 0 atom stereocenters. The number of piperazine rings is 1. The van der Waals surface area contributed by atoms with Gasteiger partial charge in [-0.1, -0.05) is 12.8 Å². The molecule has 1 saturated carbocycles. The monoisotopic (exact) mass is 260 g/mol. The van der Waals surface area contributed by atoms with E-state index in [-0.39, 0.29) is 0 Å². The Balaban J connectivity index is 1.61. The topological polar surface area (TPSA) is 45.4 Å². The molecule has 19 heavy (non-hydrogen) atoms. The SMILES string of the molecule is Cc1cc(N2CCN(C3CCCC3)CC2)ncc1N. The van der Waals surface area contributed by atoms with Gasteiger partial charge in [0.15, 0.2) is 0 Å². The predicted molar refractivity (Wildman–Crippen MR) is 79.4 cm³/mol. The van der Waals surface area contributed by atoms with Crippen LogP contribution in [0.4, 0.5) is 11.5 Å². The third kappa shape index (κ3) is 2.68. The zero-order valence-electron chi connectivity index (χ0n) is 11.8. The first-order chi connectivity index (χ1) is 9.24. The molecule has 1 aliphatic heterocycles. The normalized spacial score (nSPS) is 22.1. The molecular weight excluding hydrogens is 236 g/mol. The Bertz CT molecular complexity index is 432. The summed E-state index contributed by atoms with van der Waals surface area (Å²) in [5, 5.41) is 0. The van der Waals surface area contributed by atoms with E-state index in [4.69, 9.17) is 5.73 Å². The fourth-order valence-electron chi connectivity index (χ4n) is 3.31. The summed E-state index contributed by atoms with van der Waals surface area (Å²) in [6.45, 7) is 6.58. The lowest BCUT2D eigenvalue weighted by Gasteiger charge is -2.38. The summed E-state index contributed by atoms with van der Waals surface area (Å²) in [5.41, 5.74) is 7.75. The lowest BCUT2D eigenvalue weighted by atomic mass is 10.1. The van der Waals surface area contributed by atoms with Crippen molar-refractivity contribution in [2.24, 2.45) is 0 Å². The van der Waals surface area contributed by atoms with Gasteiger partial charge in [0, 0.05) is 32.2 Å². The van der Waals surface area contributed by atoms with Crippen LogP contribution in [0.1, 0.15) is 31.2 Å². The van der Waals surface area contributed by atoms with Crippen molar-refractivity contribution in [3.63, 3.8) is 0 Å². The van der Waals surface area contributed by atoms with Crippen LogP contribution >= 0.6 is 0 Å². The molecule has 3 rings (SSSR count). The van der Waals surface area contributed by atoms with E-state index in [1.54, 1.807) is 6.20 Å². The van der Waals surface area contributed by atoms with Gasteiger partial charge in [0.05, 0.1) is 11.9 Å². The maximum atomic E-state index is 5.83. The van der Waals surface area contributed by atoms with E-state index in [9.17, 15) is 0 Å². The van der Waals surface area contributed by atoms with E-state index in [0.29, 0.717) is 0 Å². The zero-order valence-corrected chi connectivity index (χ0v) is 11.8. The number of nitrogen functional groups attached to an aromatic ring is 1. The Labute approximate surface area is 115 Å². The molecule has 4 heteroatoms. The number of hydrogen-bond acceptors (Lipinski definition) is 4. The van der Waals surface area contributed by atoms with Gasteiger partial charge in [-0.2, -0.15) is 0 Å². The van der Waals surface area contributed by atoms with Crippen LogP contribution in [-0.2, 0) is 0 Å². The lowest BCUT2D eigenvalue weighted by Crippen LogP contribution is -2.50. The number of aryl methyl sites for hydroxylation is 1. The van der Waals surface area contributed by atoms with Gasteiger partial charge in [0.1, 0.15) is 5.82 Å². The molecule has 2 fully saturated rings. The van der Waals surface area contributed by atoms with Gasteiger partial charge in [0.2, 0.25) is 0 Å². The summed E-state index contributed by atoms with van der Waals surface area (Å²) in [7, 11) is 0. The molecule has 2 N–H and O–H groups in total. The Morgan fingerprint density at radius 2 is 1.84 bits per heavy atom. The highest BCUT2D eigenvalue weighted by Gasteiger charge is 2.26. The van der Waals surface area contributed by atoms with Crippen molar-refractivity contribution >= 4 is 11.5 Å². The van der Waals surface area contributed by atoms with Gasteiger partial charge in [-0.15, -0.1) is 0 Å². The van der Waals surface area contributed by atoms with Crippen LogP contribution in [0.5, 0.6) is 0 Å². The summed E-state index contributed by atoms with van der Waals surface area (Å²) in [6, 6.07) is 2.96. The molecule has 2 aliphatic rings. The van der Waals surface area contributed by atoms with Gasteiger partial charge in [-0.05, 0) is 31.4 Å². The van der Waals surface area contributed by atoms with Crippen molar-refractivity contribution in [2.45, 2.75) is 38.6 Å². The minimum atomic E-state index is 0.786. The molecule has 1 aromatic heterocycles. The standard InChI is InChI=1S/C15H24N4/c1-12-10-15(17-11-14(12)16)19-8-6-18(7-9-19)13-4-2-3-5-13/h10-11,13H,2-9,16H2,1H3. The van der Waals surface area contributed by atoms with Gasteiger partial charge in [-0.3, -0.25) is 4.90 Å². The second-order valence-corrected chi connectivity index (χ2v) is 5.86. The molecule has 1 aromatic rings. The number of nitrogens with two attached hydrogens (primary N) is 1. The summed E-state index contributed by atoms with van der Waals surface area (Å²) in [4.78, 5) is 9.53. The van der Waals surface area contributed by atoms with E-state index in [0.717, 1.165) is 36.2 Å². The number of hydrogen-bond donors (Lipinski definition) is 1. The summed E-state index contributed by atoms with van der Waals surface area (Å²) in [6.07, 6.45) is 7.43. The Morgan fingerprint density at radius 3 is 2.47 bits per heavy atom. The van der Waals surface area contributed by atoms with Crippen LogP contribution in [0.15, 0.2) is 12.3 Å². The molecule has 0 radical (unpaired) electrons. The van der Waals surface area contributed by atoms with Crippen molar-refractivity contribution in [1.82, 2.24) is 9.88 Å². The van der Waals surface area contributed by atoms with E-state index >= 15 is 0 Å². The molecule has 0 aromatic carbocycles. The van der Waals surface area contributed by atoms with Crippen molar-refractivity contribution in [3.05, 3.63) is 17.8 Å². The van der Waals surface area contributed by atoms with Crippen LogP contribution in [0.2, 0.25) is 0 Å². The quantitative estimate of drug-likeness (QED) is 0.884. The van der Waals surface area contributed by atoms with Gasteiger partial charge in [-0.25, -0.2) is 4.98 Å². The Morgan fingerprint density at radius 1 is 1.16 bits per heavy atom. The molecule has 4 nitrogen and oxygen atoms in total. The van der Waals surface area contributed by atoms with E-state index in [2.05, 4.69) is 27.8 Å². The summed E-state index contributed by atoms with van der Waals surface area (Å²) >= 11 is 0. The highest BCUT2D eigenvalue weighted by atomic mass is 15.3. The second kappa shape index (κ2) is 5.37. The van der Waals surface area contributed by atoms with Crippen LogP contribution in [0.25, 0.3) is 0 Å². The van der Waals surface area contributed by atoms with Crippen LogP contribution in [0.3, 0.4) is 0 Å². The van der Waals surface area contributed by atoms with Crippen molar-refractivity contribution in [3.8, 4) is 0 Å². The fourth-order valence-corrected chi connectivity index (χ4v) is 3.31. The van der Waals surface area contributed by atoms with Crippen LogP contribution < -0.4 is 10.6 Å². The molecule has 104 valence electrons. The lowest BCUT2D eigenvalue weighted by molar-refractivity contribution is 0.187. The van der Waals surface area contributed by atoms with Crippen molar-refractivity contribution in [1.29, 1.82) is 0 Å². The highest BCUT2D eigenvalue weighted by Crippen LogP contribution is 2.25. The fraction of sp³-hybridized carbons (Fsp3) is 0.667. The molecule has 0 spiro atoms. The van der Waals surface area contributed by atoms with Crippen LogP contribution in [0, 0.1) is 6.92 Å². The largest absolute Gasteiger partial charge is 0.397 e. The maximum Gasteiger partial charge on any atom is 0.128 e. The van der Waals surface area contributed by atoms with Crippen molar-refractivity contribution < 1.29 is 0 Å². The molecule has 0 unspecified atom stereocenters. The average Bonchev–Trinajstić information content (AvgIpc) is 2.96. The number of nitrogens with zero attached hydrogens (tertiary/aromatic N) is 3. The number of pyridine rings is 1. The maximum absolute atomic E-state index is 5.83. The first-order valence-electron chi connectivity index (χ1n) is 7.45. The molecule has 0 amide bonds. The number of anilines is 2. The first-order valence-corrected chi connectivity index (χ1v) is 7.45. The number of rotatable bonds is 2. The van der Waals surface area contributed by atoms with Gasteiger partial charge >= 0.3 is 0 Å². The summed E-state index contributed by atoms with van der Waals surface area (Å²) in [5.74, 6) is 1.08. The molecule has 0 bridgehead atoms. The van der Waals surface area contributed by atoms with E-state index < -0.39 is 0 Å². The van der Waals surface area contributed by atoms with Crippen molar-refractivity contribution in [2.75, 3.05) is 36.8 Å². The van der Waals surface area contributed by atoms with E-state index in [1.165, 1.54) is 38.8 Å². The minimum absolute atomic E-state index is 0.786. The smallest absolute Gasteiger partial charge is 0.128 e. The van der Waals surface area contributed by atoms with Gasteiger partial charge < -0.3 is 10.6 Å². The number of aromatic nitrogens is 1. The molecule has 2 heterocycles. The predicted octanol–water partition coefficient (Wildman–Crippen LogP) is 2.04. The average molecular weight is 260 g/mol. The first kappa shape index (κ1) is 12.7.